The lowest BCUT2D eigenvalue weighted by atomic mass is 10.0. The van der Waals surface area contributed by atoms with Crippen molar-refractivity contribution in [1.82, 2.24) is 10.2 Å². The van der Waals surface area contributed by atoms with Gasteiger partial charge in [-0.1, -0.05) is 78.9 Å². The van der Waals surface area contributed by atoms with Gasteiger partial charge in [-0.3, -0.25) is 14.5 Å². The molecule has 9 heteroatoms. The van der Waals surface area contributed by atoms with Gasteiger partial charge in [0, 0.05) is 11.6 Å². The molecule has 3 aromatic carbocycles. The van der Waals surface area contributed by atoms with Crippen LogP contribution < -0.4 is 10.1 Å². The number of halogens is 1. The van der Waals surface area contributed by atoms with Crippen molar-refractivity contribution in [3.63, 3.8) is 0 Å². The molecule has 5 rings (SSSR count). The number of carbonyl (C=O) groups is 3. The summed E-state index contributed by atoms with van der Waals surface area (Å²) in [5.74, 6) is 0.435. The molecule has 1 unspecified atom stereocenters. The zero-order valence-corrected chi connectivity index (χ0v) is 24.0. The molecule has 2 aliphatic heterocycles. The smallest absolute Gasteiger partial charge is 0.355 e. The number of β-lactam (4-membered cyclic amide) rings is 1. The summed E-state index contributed by atoms with van der Waals surface area (Å²) in [6.45, 7) is 0.0420. The van der Waals surface area contributed by atoms with E-state index in [0.717, 1.165) is 22.3 Å². The van der Waals surface area contributed by atoms with Gasteiger partial charge in [-0.15, -0.1) is 23.4 Å². The summed E-state index contributed by atoms with van der Waals surface area (Å²) in [4.78, 5) is 41.0. The van der Waals surface area contributed by atoms with Crippen molar-refractivity contribution in [1.29, 1.82) is 0 Å². The molecule has 0 bridgehead atoms. The van der Waals surface area contributed by atoms with Crippen molar-refractivity contribution in [3.05, 3.63) is 118 Å². The summed E-state index contributed by atoms with van der Waals surface area (Å²) >= 11 is 7.41. The van der Waals surface area contributed by atoms with Crippen LogP contribution in [0.5, 0.6) is 5.75 Å². The Kier molecular flexibility index (Phi) is 9.11. The zero-order chi connectivity index (χ0) is 28.8. The second kappa shape index (κ2) is 13.1. The molecule has 1 N–H and O–H groups in total. The Morgan fingerprint density at radius 3 is 2.37 bits per heavy atom. The molecule has 41 heavy (non-hydrogen) atoms. The largest absolute Gasteiger partial charge is 0.497 e. The van der Waals surface area contributed by atoms with Gasteiger partial charge < -0.3 is 14.8 Å². The predicted octanol–water partition coefficient (Wildman–Crippen LogP) is 5.09. The number of esters is 1. The average molecular weight is 589 g/mol. The minimum Gasteiger partial charge on any atom is -0.497 e. The Balaban J connectivity index is 1.34. The number of carbonyl (C=O) groups excluding carboxylic acids is 3. The van der Waals surface area contributed by atoms with Crippen molar-refractivity contribution >= 4 is 47.2 Å². The Bertz CT molecular complexity index is 1470. The lowest BCUT2D eigenvalue weighted by Crippen LogP contribution is -2.70. The number of hydrogen-bond acceptors (Lipinski definition) is 6. The summed E-state index contributed by atoms with van der Waals surface area (Å²) in [5.41, 5.74) is 4.47. The number of benzene rings is 3. The van der Waals surface area contributed by atoms with E-state index in [0.29, 0.717) is 23.0 Å². The second-order valence-corrected chi connectivity index (χ2v) is 11.0. The first-order valence-corrected chi connectivity index (χ1v) is 14.7. The molecule has 1 fully saturated rings. The fourth-order valence-corrected chi connectivity index (χ4v) is 6.12. The highest BCUT2D eigenvalue weighted by molar-refractivity contribution is 8.00. The van der Waals surface area contributed by atoms with Crippen LogP contribution in [-0.2, 0) is 38.0 Å². The van der Waals surface area contributed by atoms with Crippen molar-refractivity contribution in [3.8, 4) is 5.75 Å². The number of rotatable bonds is 10. The van der Waals surface area contributed by atoms with E-state index in [4.69, 9.17) is 21.1 Å². The van der Waals surface area contributed by atoms with Gasteiger partial charge in [-0.2, -0.15) is 0 Å². The standard InChI is InChI=1S/C32H29ClN2O5S/c1-39-26-15-12-24(13-16-26)19-40-32(38)29-25(14-11-21-7-9-23(18-33)10-8-21)20-41-31-28(30(37)35(29)31)34-27(36)17-22-5-3-2-4-6-22/h2-16,28,31H,17-20H2,1H3,(H,34,36)/b14-11+/t28-,31?/m1/s1. The number of thioether (sulfide) groups is 1. The van der Waals surface area contributed by atoms with Crippen LogP contribution in [0.3, 0.4) is 0 Å². The van der Waals surface area contributed by atoms with Crippen LogP contribution in [0.4, 0.5) is 0 Å². The third kappa shape index (κ3) is 6.66. The van der Waals surface area contributed by atoms with Crippen LogP contribution in [0.1, 0.15) is 22.3 Å². The molecule has 2 aliphatic rings. The Labute approximate surface area is 248 Å². The normalized spacial score (nSPS) is 18.1. The van der Waals surface area contributed by atoms with Crippen molar-refractivity contribution in [2.75, 3.05) is 12.9 Å². The number of nitrogens with one attached hydrogen (secondary N) is 1. The molecular weight excluding hydrogens is 560 g/mol. The molecule has 0 spiro atoms. The Hall–Kier alpha value is -4.01. The Morgan fingerprint density at radius 2 is 1.68 bits per heavy atom. The van der Waals surface area contributed by atoms with Crippen LogP contribution in [0.25, 0.3) is 6.08 Å². The van der Waals surface area contributed by atoms with E-state index < -0.39 is 17.4 Å². The Morgan fingerprint density at radius 1 is 0.976 bits per heavy atom. The first kappa shape index (κ1) is 28.5. The van der Waals surface area contributed by atoms with Crippen molar-refractivity contribution < 1.29 is 23.9 Å². The highest BCUT2D eigenvalue weighted by Gasteiger charge is 2.54. The third-order valence-corrected chi connectivity index (χ3v) is 8.47. The van der Waals surface area contributed by atoms with Gasteiger partial charge in [-0.05, 0) is 40.0 Å². The molecule has 2 heterocycles. The molecule has 3 aromatic rings. The number of ether oxygens (including phenoxy) is 2. The van der Waals surface area contributed by atoms with Crippen molar-refractivity contribution in [2.45, 2.75) is 30.3 Å². The molecule has 7 nitrogen and oxygen atoms in total. The predicted molar refractivity (Wildman–Crippen MR) is 160 cm³/mol. The fraction of sp³-hybridized carbons (Fsp3) is 0.219. The first-order chi connectivity index (χ1) is 20.0. The number of fused-ring (bicyclic) bond motifs is 1. The maximum absolute atomic E-state index is 13.5. The molecule has 2 atom stereocenters. The number of nitrogens with zero attached hydrogens (tertiary/aromatic N) is 1. The van der Waals surface area contributed by atoms with Gasteiger partial charge in [0.1, 0.15) is 29.5 Å². The zero-order valence-electron chi connectivity index (χ0n) is 22.4. The monoisotopic (exact) mass is 588 g/mol. The minimum atomic E-state index is -0.714. The molecule has 1 saturated heterocycles. The molecule has 0 saturated carbocycles. The second-order valence-electron chi connectivity index (χ2n) is 9.62. The number of alkyl halides is 1. The van der Waals surface area contributed by atoms with E-state index in [9.17, 15) is 14.4 Å². The molecule has 210 valence electrons. The highest BCUT2D eigenvalue weighted by Crippen LogP contribution is 2.41. The van der Waals surface area contributed by atoms with E-state index in [2.05, 4.69) is 5.32 Å². The fourth-order valence-electron chi connectivity index (χ4n) is 4.62. The van der Waals surface area contributed by atoms with E-state index in [-0.39, 0.29) is 30.5 Å². The van der Waals surface area contributed by atoms with Crippen molar-refractivity contribution in [2.24, 2.45) is 0 Å². The van der Waals surface area contributed by atoms with Gasteiger partial charge >= 0.3 is 5.97 Å². The van der Waals surface area contributed by atoms with E-state index in [1.54, 1.807) is 19.2 Å². The lowest BCUT2D eigenvalue weighted by molar-refractivity contribution is -0.153. The quantitative estimate of drug-likeness (QED) is 0.202. The molecule has 0 aromatic heterocycles. The lowest BCUT2D eigenvalue weighted by Gasteiger charge is -2.49. The summed E-state index contributed by atoms with van der Waals surface area (Å²) in [7, 11) is 1.59. The molecule has 2 amide bonds. The topological polar surface area (TPSA) is 84.9 Å². The maximum atomic E-state index is 13.5. The molecular formula is C32H29ClN2O5S. The highest BCUT2D eigenvalue weighted by atomic mass is 35.5. The summed E-state index contributed by atoms with van der Waals surface area (Å²) in [6, 6.07) is 23.6. The number of amides is 2. The maximum Gasteiger partial charge on any atom is 0.355 e. The van der Waals surface area contributed by atoms with Gasteiger partial charge in [0.25, 0.3) is 5.91 Å². The van der Waals surface area contributed by atoms with Crippen LogP contribution >= 0.6 is 23.4 Å². The molecule has 0 radical (unpaired) electrons. The van der Waals surface area contributed by atoms with Crippen LogP contribution in [0.2, 0.25) is 0 Å². The number of methoxy groups -OCH3 is 1. The summed E-state index contributed by atoms with van der Waals surface area (Å²) in [6.07, 6.45) is 3.91. The van der Waals surface area contributed by atoms with Crippen LogP contribution in [0.15, 0.2) is 96.2 Å². The number of allylic oxidation sites excluding steroid dienone is 1. The summed E-state index contributed by atoms with van der Waals surface area (Å²) < 4.78 is 10.9. The van der Waals surface area contributed by atoms with Gasteiger partial charge in [-0.25, -0.2) is 4.79 Å². The average Bonchev–Trinajstić information content (AvgIpc) is 3.02. The van der Waals surface area contributed by atoms with E-state index >= 15 is 0 Å². The van der Waals surface area contributed by atoms with Crippen LogP contribution in [-0.4, -0.2) is 47.0 Å². The minimum absolute atomic E-state index is 0.0420. The van der Waals surface area contributed by atoms with Crippen LogP contribution in [0, 0.1) is 0 Å². The SMILES string of the molecule is COc1ccc(COC(=O)C2=C(/C=C/c3ccc(CCl)cc3)CSC3[C@H](NC(=O)Cc4ccccc4)C(=O)N23)cc1. The molecule has 0 aliphatic carbocycles. The van der Waals surface area contributed by atoms with E-state index in [1.807, 2.05) is 78.9 Å². The first-order valence-electron chi connectivity index (χ1n) is 13.1. The summed E-state index contributed by atoms with van der Waals surface area (Å²) in [5, 5.41) is 2.46. The number of hydrogen-bond donors (Lipinski definition) is 1. The van der Waals surface area contributed by atoms with Gasteiger partial charge in [0.2, 0.25) is 5.91 Å². The third-order valence-electron chi connectivity index (χ3n) is 6.86. The van der Waals surface area contributed by atoms with Gasteiger partial charge in [0.15, 0.2) is 0 Å². The van der Waals surface area contributed by atoms with E-state index in [1.165, 1.54) is 16.7 Å². The van der Waals surface area contributed by atoms with Gasteiger partial charge in [0.05, 0.1) is 13.5 Å².